The number of ether oxygens (including phenoxy) is 1. The molecule has 18 heavy (non-hydrogen) atoms. The van der Waals surface area contributed by atoms with E-state index in [4.69, 9.17) is 10.00 Å². The average Bonchev–Trinajstić information content (AvgIpc) is 2.37. The quantitative estimate of drug-likeness (QED) is 0.831. The summed E-state index contributed by atoms with van der Waals surface area (Å²) in [6, 6.07) is 7.93. The zero-order valence-electron chi connectivity index (χ0n) is 9.85. The van der Waals surface area contributed by atoms with Crippen LogP contribution in [0.1, 0.15) is 16.7 Å². The van der Waals surface area contributed by atoms with E-state index in [1.807, 2.05) is 19.1 Å². The molecule has 3 nitrogen and oxygen atoms in total. The van der Waals surface area contributed by atoms with Crippen LogP contribution in [0.5, 0.6) is 5.75 Å². The van der Waals surface area contributed by atoms with Crippen LogP contribution in [0.25, 0.3) is 0 Å². The van der Waals surface area contributed by atoms with Crippen LogP contribution < -0.4 is 4.74 Å². The Hall–Kier alpha value is -2.41. The van der Waals surface area contributed by atoms with Gasteiger partial charge in [0.15, 0.2) is 11.6 Å². The highest BCUT2D eigenvalue weighted by Crippen LogP contribution is 2.19. The molecule has 0 radical (unpaired) electrons. The van der Waals surface area contributed by atoms with Gasteiger partial charge in [0.1, 0.15) is 6.61 Å². The maximum Gasteiger partial charge on any atom is 0.166 e. The molecule has 0 aliphatic carbocycles. The van der Waals surface area contributed by atoms with Gasteiger partial charge in [0.2, 0.25) is 0 Å². The first-order valence-corrected chi connectivity index (χ1v) is 5.42. The molecule has 0 aliphatic rings. The molecular weight excluding hydrogens is 231 g/mol. The Morgan fingerprint density at radius 1 is 1.33 bits per heavy atom. The molecular formula is C14H11FN2O. The van der Waals surface area contributed by atoms with Gasteiger partial charge >= 0.3 is 0 Å². The first kappa shape index (κ1) is 12.1. The lowest BCUT2D eigenvalue weighted by molar-refractivity contribution is 0.290. The van der Waals surface area contributed by atoms with Gasteiger partial charge in [-0.25, -0.2) is 4.39 Å². The third-order valence-corrected chi connectivity index (χ3v) is 2.39. The Morgan fingerprint density at radius 3 is 2.83 bits per heavy atom. The third kappa shape index (κ3) is 2.83. The molecule has 0 saturated carbocycles. The number of hydrogen-bond acceptors (Lipinski definition) is 3. The highest BCUT2D eigenvalue weighted by atomic mass is 19.1. The highest BCUT2D eigenvalue weighted by Gasteiger charge is 2.05. The van der Waals surface area contributed by atoms with Gasteiger partial charge in [0, 0.05) is 18.0 Å². The maximum atomic E-state index is 13.5. The van der Waals surface area contributed by atoms with E-state index in [1.165, 1.54) is 12.1 Å². The standard InChI is InChI=1S/C14H11FN2O/c1-10-4-12(8-17-7-10)9-18-14-3-2-11(6-16)5-13(14)15/h2-5,7-8H,9H2,1H3. The lowest BCUT2D eigenvalue weighted by Crippen LogP contribution is -1.98. The molecule has 4 heteroatoms. The molecule has 1 aromatic carbocycles. The van der Waals surface area contributed by atoms with Crippen LogP contribution in [0.2, 0.25) is 0 Å². The molecule has 2 rings (SSSR count). The van der Waals surface area contributed by atoms with Gasteiger partial charge in [-0.3, -0.25) is 4.98 Å². The predicted octanol–water partition coefficient (Wildman–Crippen LogP) is 2.98. The summed E-state index contributed by atoms with van der Waals surface area (Å²) >= 11 is 0. The van der Waals surface area contributed by atoms with E-state index in [-0.39, 0.29) is 17.9 Å². The fraction of sp³-hybridized carbons (Fsp3) is 0.143. The second kappa shape index (κ2) is 5.28. The van der Waals surface area contributed by atoms with Gasteiger partial charge in [0.05, 0.1) is 11.6 Å². The minimum atomic E-state index is -0.533. The molecule has 0 fully saturated rings. The van der Waals surface area contributed by atoms with Crippen molar-refractivity contribution in [2.24, 2.45) is 0 Å². The summed E-state index contributed by atoms with van der Waals surface area (Å²) in [4.78, 5) is 4.03. The van der Waals surface area contributed by atoms with Gasteiger partial charge in [-0.2, -0.15) is 5.26 Å². The number of aromatic nitrogens is 1. The molecule has 0 spiro atoms. The summed E-state index contributed by atoms with van der Waals surface area (Å²) < 4.78 is 18.9. The van der Waals surface area contributed by atoms with Crippen molar-refractivity contribution in [3.8, 4) is 11.8 Å². The molecule has 90 valence electrons. The number of benzene rings is 1. The second-order valence-corrected chi connectivity index (χ2v) is 3.92. The van der Waals surface area contributed by atoms with Gasteiger partial charge in [-0.05, 0) is 36.8 Å². The monoisotopic (exact) mass is 242 g/mol. The molecule has 0 atom stereocenters. The fourth-order valence-corrected chi connectivity index (χ4v) is 1.55. The zero-order chi connectivity index (χ0) is 13.0. The third-order valence-electron chi connectivity index (χ3n) is 2.39. The SMILES string of the molecule is Cc1cncc(COc2ccc(C#N)cc2F)c1. The van der Waals surface area contributed by atoms with Crippen molar-refractivity contribution in [2.45, 2.75) is 13.5 Å². The summed E-state index contributed by atoms with van der Waals surface area (Å²) in [5, 5.41) is 8.63. The lowest BCUT2D eigenvalue weighted by atomic mass is 10.2. The topological polar surface area (TPSA) is 45.9 Å². The Morgan fingerprint density at radius 2 is 2.17 bits per heavy atom. The van der Waals surface area contributed by atoms with Gasteiger partial charge in [-0.1, -0.05) is 0 Å². The van der Waals surface area contributed by atoms with Crippen molar-refractivity contribution in [3.63, 3.8) is 0 Å². The molecule has 0 bridgehead atoms. The van der Waals surface area contributed by atoms with Crippen LogP contribution in [-0.2, 0) is 6.61 Å². The summed E-state index contributed by atoms with van der Waals surface area (Å²) in [6.07, 6.45) is 3.42. The van der Waals surface area contributed by atoms with Crippen molar-refractivity contribution in [3.05, 3.63) is 59.2 Å². The highest BCUT2D eigenvalue weighted by molar-refractivity contribution is 5.36. The van der Waals surface area contributed by atoms with E-state index in [1.54, 1.807) is 12.4 Å². The smallest absolute Gasteiger partial charge is 0.166 e. The molecule has 1 aromatic heterocycles. The van der Waals surface area contributed by atoms with Crippen LogP contribution in [0.15, 0.2) is 36.7 Å². The van der Waals surface area contributed by atoms with Crippen LogP contribution >= 0.6 is 0 Å². The molecule has 0 unspecified atom stereocenters. The maximum absolute atomic E-state index is 13.5. The summed E-state index contributed by atoms with van der Waals surface area (Å²) in [6.45, 7) is 2.18. The van der Waals surface area contributed by atoms with Crippen LogP contribution in [0, 0.1) is 24.1 Å². The lowest BCUT2D eigenvalue weighted by Gasteiger charge is -2.07. The van der Waals surface area contributed by atoms with E-state index in [9.17, 15) is 4.39 Å². The van der Waals surface area contributed by atoms with Gasteiger partial charge < -0.3 is 4.74 Å². The number of halogens is 1. The van der Waals surface area contributed by atoms with Crippen molar-refractivity contribution in [1.29, 1.82) is 5.26 Å². The van der Waals surface area contributed by atoms with Gasteiger partial charge in [-0.15, -0.1) is 0 Å². The van der Waals surface area contributed by atoms with Crippen LogP contribution in [-0.4, -0.2) is 4.98 Å². The van der Waals surface area contributed by atoms with Crippen LogP contribution in [0.3, 0.4) is 0 Å². The summed E-state index contributed by atoms with van der Waals surface area (Å²) in [5.74, 6) is -0.398. The number of nitrogens with zero attached hydrogens (tertiary/aromatic N) is 2. The van der Waals surface area contributed by atoms with Crippen molar-refractivity contribution < 1.29 is 9.13 Å². The molecule has 0 saturated heterocycles. The average molecular weight is 242 g/mol. The fourth-order valence-electron chi connectivity index (χ4n) is 1.55. The normalized spacial score (nSPS) is 9.83. The molecule has 0 N–H and O–H groups in total. The first-order valence-electron chi connectivity index (χ1n) is 5.42. The zero-order valence-corrected chi connectivity index (χ0v) is 9.85. The van der Waals surface area contributed by atoms with Crippen molar-refractivity contribution >= 4 is 0 Å². The van der Waals surface area contributed by atoms with Gasteiger partial charge in [0.25, 0.3) is 0 Å². The van der Waals surface area contributed by atoms with E-state index in [2.05, 4.69) is 4.98 Å². The van der Waals surface area contributed by atoms with E-state index < -0.39 is 5.82 Å². The van der Waals surface area contributed by atoms with Crippen molar-refractivity contribution in [2.75, 3.05) is 0 Å². The Kier molecular flexibility index (Phi) is 3.54. The van der Waals surface area contributed by atoms with E-state index in [0.717, 1.165) is 17.2 Å². The first-order chi connectivity index (χ1) is 8.69. The molecule has 0 aliphatic heterocycles. The Bertz CT molecular complexity index is 605. The largest absolute Gasteiger partial charge is 0.486 e. The minimum Gasteiger partial charge on any atom is -0.486 e. The van der Waals surface area contributed by atoms with E-state index >= 15 is 0 Å². The number of hydrogen-bond donors (Lipinski definition) is 0. The second-order valence-electron chi connectivity index (χ2n) is 3.92. The predicted molar refractivity (Wildman–Crippen MR) is 64.4 cm³/mol. The van der Waals surface area contributed by atoms with Crippen LogP contribution in [0.4, 0.5) is 4.39 Å². The molecule has 2 aromatic rings. The van der Waals surface area contributed by atoms with Crippen molar-refractivity contribution in [1.82, 2.24) is 4.98 Å². The number of rotatable bonds is 3. The number of nitriles is 1. The Balaban J connectivity index is 2.09. The summed E-state index contributed by atoms with van der Waals surface area (Å²) in [7, 11) is 0. The molecule has 1 heterocycles. The number of aryl methyl sites for hydroxylation is 1. The number of pyridine rings is 1. The minimum absolute atomic E-state index is 0.135. The Labute approximate surface area is 104 Å². The molecule has 0 amide bonds. The van der Waals surface area contributed by atoms with E-state index in [0.29, 0.717) is 0 Å². The summed E-state index contributed by atoms with van der Waals surface area (Å²) in [5.41, 5.74) is 2.17.